The summed E-state index contributed by atoms with van der Waals surface area (Å²) in [4.78, 5) is 3.04. The van der Waals surface area contributed by atoms with Gasteiger partial charge in [0.1, 0.15) is 0 Å². The van der Waals surface area contributed by atoms with Crippen LogP contribution in [0.15, 0.2) is 18.2 Å². The zero-order valence-corrected chi connectivity index (χ0v) is 6.81. The van der Waals surface area contributed by atoms with Crippen molar-refractivity contribution in [3.8, 4) is 0 Å². The molecule has 1 aromatic rings. The van der Waals surface area contributed by atoms with Crippen molar-refractivity contribution in [2.45, 2.75) is 13.1 Å². The minimum atomic E-state index is -4.33. The fourth-order valence-electron chi connectivity index (χ4n) is 1.04. The van der Waals surface area contributed by atoms with Crippen molar-refractivity contribution in [3.05, 3.63) is 40.7 Å². The second-order valence-corrected chi connectivity index (χ2v) is 2.61. The molecule has 0 aromatic heterocycles. The van der Waals surface area contributed by atoms with Crippen molar-refractivity contribution in [3.63, 3.8) is 0 Å². The molecule has 4 heteroatoms. The summed E-state index contributed by atoms with van der Waals surface area (Å²) in [5.74, 6) is 0. The molecular formula is C9H6F3N. The number of nitrogens with zero attached hydrogens (tertiary/aromatic N) is 1. The molecule has 13 heavy (non-hydrogen) atoms. The van der Waals surface area contributed by atoms with Gasteiger partial charge < -0.3 is 0 Å². The Morgan fingerprint density at radius 1 is 1.31 bits per heavy atom. The third kappa shape index (κ3) is 2.00. The summed E-state index contributed by atoms with van der Waals surface area (Å²) in [6.45, 7) is 7.96. The monoisotopic (exact) mass is 185 g/mol. The summed E-state index contributed by atoms with van der Waals surface area (Å²) in [5.41, 5.74) is -0.369. The van der Waals surface area contributed by atoms with Crippen LogP contribution in [0.1, 0.15) is 11.1 Å². The molecule has 0 bridgehead atoms. The number of alkyl halides is 3. The summed E-state index contributed by atoms with van der Waals surface area (Å²) in [6, 6.07) is 3.33. The summed E-state index contributed by atoms with van der Waals surface area (Å²) in [6.07, 6.45) is -4.33. The van der Waals surface area contributed by atoms with Gasteiger partial charge in [-0.2, -0.15) is 13.2 Å². The van der Waals surface area contributed by atoms with Gasteiger partial charge in [-0.15, -0.1) is 0 Å². The Kier molecular flexibility index (Phi) is 2.28. The van der Waals surface area contributed by atoms with Crippen LogP contribution in [0, 0.1) is 13.5 Å². The van der Waals surface area contributed by atoms with E-state index in [0.717, 1.165) is 6.07 Å². The summed E-state index contributed by atoms with van der Waals surface area (Å²) >= 11 is 0. The van der Waals surface area contributed by atoms with Gasteiger partial charge in [0.25, 0.3) is 0 Å². The molecule has 0 radical (unpaired) electrons. The highest BCUT2D eigenvalue weighted by Crippen LogP contribution is 2.33. The Labute approximate surface area is 73.6 Å². The molecule has 0 heterocycles. The average Bonchev–Trinajstić information content (AvgIpc) is 2.01. The van der Waals surface area contributed by atoms with Crippen molar-refractivity contribution >= 4 is 5.69 Å². The van der Waals surface area contributed by atoms with Crippen molar-refractivity contribution in [2.24, 2.45) is 0 Å². The van der Waals surface area contributed by atoms with Crippen LogP contribution >= 0.6 is 0 Å². The maximum Gasteiger partial charge on any atom is 0.416 e. The van der Waals surface area contributed by atoms with E-state index < -0.39 is 11.7 Å². The molecule has 1 rings (SSSR count). The second-order valence-electron chi connectivity index (χ2n) is 2.61. The Morgan fingerprint density at radius 2 is 1.92 bits per heavy atom. The lowest BCUT2D eigenvalue weighted by Crippen LogP contribution is -2.06. The van der Waals surface area contributed by atoms with Gasteiger partial charge in [0.15, 0.2) is 5.69 Å². The van der Waals surface area contributed by atoms with Crippen LogP contribution in [-0.2, 0) is 6.18 Å². The highest BCUT2D eigenvalue weighted by atomic mass is 19.4. The maximum atomic E-state index is 12.2. The van der Waals surface area contributed by atoms with E-state index in [1.807, 2.05) is 0 Å². The minimum absolute atomic E-state index is 0.0843. The highest BCUT2D eigenvalue weighted by molar-refractivity contribution is 5.49. The van der Waals surface area contributed by atoms with Gasteiger partial charge in [-0.1, -0.05) is 18.2 Å². The van der Waals surface area contributed by atoms with E-state index >= 15 is 0 Å². The largest absolute Gasteiger partial charge is 0.416 e. The van der Waals surface area contributed by atoms with E-state index in [1.165, 1.54) is 19.1 Å². The average molecular weight is 185 g/mol. The molecule has 68 valence electrons. The lowest BCUT2D eigenvalue weighted by molar-refractivity contribution is -0.138. The van der Waals surface area contributed by atoms with E-state index in [0.29, 0.717) is 0 Å². The number of rotatable bonds is 0. The standard InChI is InChI=1S/C9H6F3N/c1-6-5-7(13-2)3-4-8(6)9(10,11)12/h3-5H,1H3. The molecular weight excluding hydrogens is 179 g/mol. The molecule has 0 aliphatic heterocycles. The minimum Gasteiger partial charge on any atom is -0.238 e. The van der Waals surface area contributed by atoms with Crippen LogP contribution in [0.25, 0.3) is 4.85 Å². The number of aryl methyl sites for hydroxylation is 1. The van der Waals surface area contributed by atoms with Crippen LogP contribution in [0.3, 0.4) is 0 Å². The lowest BCUT2D eigenvalue weighted by Gasteiger charge is -2.09. The molecule has 0 aliphatic rings. The van der Waals surface area contributed by atoms with Crippen molar-refractivity contribution in [1.29, 1.82) is 0 Å². The molecule has 0 spiro atoms. The first-order chi connectivity index (χ1) is 5.95. The molecule has 1 aromatic carbocycles. The molecule has 0 amide bonds. The quantitative estimate of drug-likeness (QED) is 0.544. The predicted octanol–water partition coefficient (Wildman–Crippen LogP) is 3.56. The Hall–Kier alpha value is -1.50. The van der Waals surface area contributed by atoms with Crippen LogP contribution < -0.4 is 0 Å². The zero-order chi connectivity index (χ0) is 10.1. The number of benzene rings is 1. The van der Waals surface area contributed by atoms with Gasteiger partial charge >= 0.3 is 6.18 Å². The highest BCUT2D eigenvalue weighted by Gasteiger charge is 2.31. The van der Waals surface area contributed by atoms with E-state index in [2.05, 4.69) is 4.85 Å². The fraction of sp³-hybridized carbons (Fsp3) is 0.222. The van der Waals surface area contributed by atoms with Crippen LogP contribution in [0.4, 0.5) is 18.9 Å². The first-order valence-corrected chi connectivity index (χ1v) is 3.50. The van der Waals surface area contributed by atoms with Gasteiger partial charge in [-0.3, -0.25) is 0 Å². The third-order valence-corrected chi connectivity index (χ3v) is 1.64. The number of hydrogen-bond acceptors (Lipinski definition) is 0. The van der Waals surface area contributed by atoms with Crippen molar-refractivity contribution in [2.75, 3.05) is 0 Å². The summed E-state index contributed by atoms with van der Waals surface area (Å²) in [5, 5.41) is 0. The smallest absolute Gasteiger partial charge is 0.238 e. The van der Waals surface area contributed by atoms with E-state index in [-0.39, 0.29) is 11.3 Å². The first-order valence-electron chi connectivity index (χ1n) is 3.50. The number of halogens is 3. The van der Waals surface area contributed by atoms with E-state index in [9.17, 15) is 13.2 Å². The van der Waals surface area contributed by atoms with Crippen LogP contribution in [0.5, 0.6) is 0 Å². The zero-order valence-electron chi connectivity index (χ0n) is 6.81. The third-order valence-electron chi connectivity index (χ3n) is 1.64. The normalized spacial score (nSPS) is 11.0. The second kappa shape index (κ2) is 3.09. The maximum absolute atomic E-state index is 12.2. The summed E-state index contributed by atoms with van der Waals surface area (Å²) in [7, 11) is 0. The van der Waals surface area contributed by atoms with Crippen molar-refractivity contribution in [1.82, 2.24) is 0 Å². The molecule has 0 atom stereocenters. The molecule has 0 N–H and O–H groups in total. The van der Waals surface area contributed by atoms with Gasteiger partial charge in [0.05, 0.1) is 12.1 Å². The topological polar surface area (TPSA) is 4.36 Å². The Balaban J connectivity index is 3.23. The molecule has 0 aliphatic carbocycles. The summed E-state index contributed by atoms with van der Waals surface area (Å²) < 4.78 is 36.6. The van der Waals surface area contributed by atoms with Gasteiger partial charge in [-0.05, 0) is 12.5 Å². The van der Waals surface area contributed by atoms with Gasteiger partial charge in [-0.25, -0.2) is 4.85 Å². The van der Waals surface area contributed by atoms with E-state index in [4.69, 9.17) is 6.57 Å². The SMILES string of the molecule is [C-]#[N+]c1ccc(C(F)(F)F)c(C)c1. The van der Waals surface area contributed by atoms with Crippen LogP contribution in [-0.4, -0.2) is 0 Å². The first kappa shape index (κ1) is 9.59. The van der Waals surface area contributed by atoms with Crippen molar-refractivity contribution < 1.29 is 13.2 Å². The van der Waals surface area contributed by atoms with E-state index in [1.54, 1.807) is 0 Å². The van der Waals surface area contributed by atoms with Gasteiger partial charge in [0.2, 0.25) is 0 Å². The number of hydrogen-bond donors (Lipinski definition) is 0. The molecule has 0 unspecified atom stereocenters. The molecule has 0 fully saturated rings. The Bertz CT molecular complexity index is 360. The predicted molar refractivity (Wildman–Crippen MR) is 42.4 cm³/mol. The Morgan fingerprint density at radius 3 is 2.31 bits per heavy atom. The molecule has 0 saturated heterocycles. The lowest BCUT2D eigenvalue weighted by atomic mass is 10.1. The molecule has 0 saturated carbocycles. The fourth-order valence-corrected chi connectivity index (χ4v) is 1.04. The molecule has 1 nitrogen and oxygen atoms in total. The van der Waals surface area contributed by atoms with Gasteiger partial charge in [0, 0.05) is 0 Å². The van der Waals surface area contributed by atoms with Crippen LogP contribution in [0.2, 0.25) is 0 Å².